The van der Waals surface area contributed by atoms with Crippen LogP contribution in [0.4, 0.5) is 16.4 Å². The summed E-state index contributed by atoms with van der Waals surface area (Å²) in [7, 11) is 0. The molecule has 1 aromatic carbocycles. The smallest absolute Gasteiger partial charge is 0.319 e. The Balaban J connectivity index is 1.24. The van der Waals surface area contributed by atoms with Gasteiger partial charge in [-0.15, -0.1) is 11.3 Å². The third kappa shape index (κ3) is 5.41. The molecule has 1 saturated heterocycles. The number of benzene rings is 1. The van der Waals surface area contributed by atoms with Gasteiger partial charge in [0.25, 0.3) is 0 Å². The topological polar surface area (TPSA) is 92.3 Å². The molecular weight excluding hydrogens is 388 g/mol. The van der Waals surface area contributed by atoms with Crippen LogP contribution in [0.25, 0.3) is 0 Å². The Morgan fingerprint density at radius 3 is 2.76 bits per heavy atom. The van der Waals surface area contributed by atoms with Crippen LogP contribution in [-0.2, 0) is 6.61 Å². The number of anilines is 2. The maximum atomic E-state index is 12.4. The average molecular weight is 411 g/mol. The van der Waals surface area contributed by atoms with E-state index in [1.54, 1.807) is 30.0 Å². The van der Waals surface area contributed by atoms with Gasteiger partial charge in [0.15, 0.2) is 0 Å². The summed E-state index contributed by atoms with van der Waals surface area (Å²) < 4.78 is 5.73. The number of carbonyl (C=O) groups excluding carboxylic acids is 1. The third-order valence-corrected chi connectivity index (χ3v) is 5.26. The molecule has 0 atom stereocenters. The first-order chi connectivity index (χ1) is 14.3. The number of nitrogens with one attached hydrogen (secondary N) is 2. The fraction of sp³-hybridized carbons (Fsp3) is 0.300. The predicted octanol–water partition coefficient (Wildman–Crippen LogP) is 3.30. The summed E-state index contributed by atoms with van der Waals surface area (Å²) in [5.41, 5.74) is 3.35. The van der Waals surface area contributed by atoms with Crippen molar-refractivity contribution in [3.63, 3.8) is 0 Å². The molecule has 1 aliphatic heterocycles. The van der Waals surface area contributed by atoms with Gasteiger partial charge < -0.3 is 20.3 Å². The molecule has 9 heteroatoms. The van der Waals surface area contributed by atoms with Crippen molar-refractivity contribution in [3.05, 3.63) is 59.3 Å². The highest BCUT2D eigenvalue weighted by Crippen LogP contribution is 2.19. The number of hydrogen-bond donors (Lipinski definition) is 2. The quantitative estimate of drug-likeness (QED) is 0.648. The molecule has 150 valence electrons. The van der Waals surface area contributed by atoms with Crippen LogP contribution in [0.5, 0.6) is 5.75 Å². The van der Waals surface area contributed by atoms with Crippen molar-refractivity contribution in [1.82, 2.24) is 20.3 Å². The molecule has 3 aromatic rings. The highest BCUT2D eigenvalue weighted by atomic mass is 32.1. The van der Waals surface area contributed by atoms with Crippen LogP contribution in [0.15, 0.2) is 53.6 Å². The van der Waals surface area contributed by atoms with Crippen LogP contribution in [0, 0.1) is 0 Å². The van der Waals surface area contributed by atoms with Gasteiger partial charge in [-0.1, -0.05) is 6.07 Å². The lowest BCUT2D eigenvalue weighted by Gasteiger charge is -2.32. The second kappa shape index (κ2) is 9.33. The van der Waals surface area contributed by atoms with Crippen molar-refractivity contribution >= 4 is 29.0 Å². The van der Waals surface area contributed by atoms with Gasteiger partial charge in [-0.25, -0.2) is 19.7 Å². The van der Waals surface area contributed by atoms with Gasteiger partial charge in [0.05, 0.1) is 11.2 Å². The van der Waals surface area contributed by atoms with Crippen molar-refractivity contribution in [2.45, 2.75) is 25.5 Å². The van der Waals surface area contributed by atoms with Crippen molar-refractivity contribution < 1.29 is 9.53 Å². The molecule has 2 aromatic heterocycles. The average Bonchev–Trinajstić information content (AvgIpc) is 3.27. The number of hydrogen-bond acceptors (Lipinski definition) is 7. The van der Waals surface area contributed by atoms with Gasteiger partial charge in [-0.05, 0) is 31.0 Å². The van der Waals surface area contributed by atoms with Crippen molar-refractivity contribution in [3.8, 4) is 5.75 Å². The number of aromatic nitrogens is 3. The Kier molecular flexibility index (Phi) is 6.16. The largest absolute Gasteiger partial charge is 0.487 e. The van der Waals surface area contributed by atoms with Gasteiger partial charge in [0, 0.05) is 48.7 Å². The van der Waals surface area contributed by atoms with Crippen LogP contribution >= 0.6 is 11.3 Å². The zero-order valence-corrected chi connectivity index (χ0v) is 16.6. The van der Waals surface area contributed by atoms with Crippen molar-refractivity contribution in [2.24, 2.45) is 0 Å². The lowest BCUT2D eigenvalue weighted by molar-refractivity contribution is 0.246. The van der Waals surface area contributed by atoms with E-state index in [4.69, 9.17) is 4.74 Å². The SMILES string of the molecule is O=C(Nc1cccc(OCc2cscn2)c1)NC1CCN(c2ncccn2)CC1. The van der Waals surface area contributed by atoms with E-state index in [2.05, 4.69) is 30.5 Å². The van der Waals surface area contributed by atoms with Crippen molar-refractivity contribution in [2.75, 3.05) is 23.3 Å². The van der Waals surface area contributed by atoms with Crippen LogP contribution in [0.2, 0.25) is 0 Å². The fourth-order valence-corrected chi connectivity index (χ4v) is 3.70. The lowest BCUT2D eigenvalue weighted by atomic mass is 10.1. The summed E-state index contributed by atoms with van der Waals surface area (Å²) in [5.74, 6) is 1.43. The van der Waals surface area contributed by atoms with Gasteiger partial charge in [-0.2, -0.15) is 0 Å². The first-order valence-electron chi connectivity index (χ1n) is 9.46. The Hall–Kier alpha value is -3.20. The van der Waals surface area contributed by atoms with Crippen LogP contribution < -0.4 is 20.3 Å². The predicted molar refractivity (Wildman–Crippen MR) is 112 cm³/mol. The number of urea groups is 1. The molecule has 29 heavy (non-hydrogen) atoms. The van der Waals surface area contributed by atoms with E-state index in [-0.39, 0.29) is 12.1 Å². The molecule has 0 spiro atoms. The number of carbonyl (C=O) groups is 1. The normalized spacial score (nSPS) is 14.4. The van der Waals surface area contributed by atoms with Gasteiger partial charge in [-0.3, -0.25) is 0 Å². The monoisotopic (exact) mass is 410 g/mol. The maximum absolute atomic E-state index is 12.4. The minimum absolute atomic E-state index is 0.124. The molecule has 4 rings (SSSR count). The third-order valence-electron chi connectivity index (χ3n) is 4.63. The maximum Gasteiger partial charge on any atom is 0.319 e. The molecule has 3 heterocycles. The number of thiazole rings is 1. The number of amides is 2. The first kappa shape index (κ1) is 19.1. The summed E-state index contributed by atoms with van der Waals surface area (Å²) in [4.78, 5) is 27.3. The van der Waals surface area contributed by atoms with E-state index < -0.39 is 0 Å². The van der Waals surface area contributed by atoms with E-state index in [1.807, 2.05) is 23.6 Å². The van der Waals surface area contributed by atoms with Gasteiger partial charge >= 0.3 is 6.03 Å². The van der Waals surface area contributed by atoms with E-state index in [0.717, 1.165) is 37.6 Å². The highest BCUT2D eigenvalue weighted by Gasteiger charge is 2.22. The van der Waals surface area contributed by atoms with Gasteiger partial charge in [0.2, 0.25) is 5.95 Å². The van der Waals surface area contributed by atoms with Crippen molar-refractivity contribution in [1.29, 1.82) is 0 Å². The minimum atomic E-state index is -0.212. The molecule has 0 unspecified atom stereocenters. The number of nitrogens with zero attached hydrogens (tertiary/aromatic N) is 4. The fourth-order valence-electron chi connectivity index (χ4n) is 3.16. The summed E-state index contributed by atoms with van der Waals surface area (Å²) in [5, 5.41) is 7.88. The molecule has 2 amide bonds. The second-order valence-electron chi connectivity index (χ2n) is 6.70. The molecule has 1 fully saturated rings. The molecule has 8 nitrogen and oxygen atoms in total. The molecule has 0 aliphatic carbocycles. The number of ether oxygens (including phenoxy) is 1. The van der Waals surface area contributed by atoms with E-state index in [1.165, 1.54) is 11.3 Å². The van der Waals surface area contributed by atoms with Gasteiger partial charge in [0.1, 0.15) is 12.4 Å². The molecule has 0 radical (unpaired) electrons. The summed E-state index contributed by atoms with van der Waals surface area (Å²) in [6, 6.07) is 9.07. The molecule has 1 aliphatic rings. The Bertz CT molecular complexity index is 914. The number of rotatable bonds is 6. The second-order valence-corrected chi connectivity index (χ2v) is 7.42. The zero-order valence-electron chi connectivity index (χ0n) is 15.8. The number of piperidine rings is 1. The van der Waals surface area contributed by atoms with E-state index in [0.29, 0.717) is 18.0 Å². The molecule has 0 bridgehead atoms. The highest BCUT2D eigenvalue weighted by molar-refractivity contribution is 7.07. The lowest BCUT2D eigenvalue weighted by Crippen LogP contribution is -2.46. The Morgan fingerprint density at radius 2 is 2.00 bits per heavy atom. The molecule has 0 saturated carbocycles. The minimum Gasteiger partial charge on any atom is -0.487 e. The summed E-state index contributed by atoms with van der Waals surface area (Å²) >= 11 is 1.54. The summed E-state index contributed by atoms with van der Waals surface area (Å²) in [6.07, 6.45) is 5.19. The Labute approximate surface area is 173 Å². The van der Waals surface area contributed by atoms with Crippen LogP contribution in [0.3, 0.4) is 0 Å². The molecular formula is C20H22N6O2S. The Morgan fingerprint density at radius 1 is 1.17 bits per heavy atom. The van der Waals surface area contributed by atoms with Crippen LogP contribution in [-0.4, -0.2) is 40.1 Å². The molecule has 2 N–H and O–H groups in total. The zero-order chi connectivity index (χ0) is 19.9. The standard InChI is InChI=1S/C20H22N6O2S/c27-20(24-15-5-9-26(10-6-15)19-21-7-2-8-22-19)25-16-3-1-4-18(11-16)28-12-17-13-29-14-23-17/h1-4,7-8,11,13-15H,5-6,9-10,12H2,(H2,24,25,27). The first-order valence-corrected chi connectivity index (χ1v) is 10.4. The van der Waals surface area contributed by atoms with E-state index >= 15 is 0 Å². The summed E-state index contributed by atoms with van der Waals surface area (Å²) in [6.45, 7) is 2.03. The van der Waals surface area contributed by atoms with Crippen LogP contribution in [0.1, 0.15) is 18.5 Å². The van der Waals surface area contributed by atoms with E-state index in [9.17, 15) is 4.79 Å².